The number of halogens is 2. The molecule has 2 atom stereocenters. The van der Waals surface area contributed by atoms with Gasteiger partial charge in [0, 0.05) is 21.5 Å². The third kappa shape index (κ3) is 3.80. The van der Waals surface area contributed by atoms with Gasteiger partial charge in [0.1, 0.15) is 17.6 Å². The highest BCUT2D eigenvalue weighted by Crippen LogP contribution is 2.45. The topological polar surface area (TPSA) is 79.7 Å². The first kappa shape index (κ1) is 23.2. The number of hydrogen-bond acceptors (Lipinski definition) is 6. The summed E-state index contributed by atoms with van der Waals surface area (Å²) in [4.78, 5) is 32.9. The van der Waals surface area contributed by atoms with Gasteiger partial charge in [-0.3, -0.25) is 14.5 Å². The van der Waals surface area contributed by atoms with Crippen molar-refractivity contribution in [1.82, 2.24) is 4.98 Å². The maximum atomic E-state index is 13.4. The maximum Gasteiger partial charge on any atom is 0.301 e. The number of fused-ring (bicyclic) bond motifs is 2. The molecule has 0 aliphatic carbocycles. The Balaban J connectivity index is 1.54. The normalized spacial score (nSPS) is 20.7. The Morgan fingerprint density at radius 3 is 2.81 bits per heavy atom. The SMILES string of the molecule is C[C@H]1Cc2cc(/C(O)=C3\C(=O)C(=O)N(c4nc5ccc(Cl)cc5s4)[C@@H]3c3cccc(Br)c3)ccc2O1. The molecule has 180 valence electrons. The minimum atomic E-state index is -0.859. The summed E-state index contributed by atoms with van der Waals surface area (Å²) in [5.74, 6) is -0.979. The van der Waals surface area contributed by atoms with Crippen molar-refractivity contribution in [3.05, 3.63) is 92.4 Å². The second-order valence-electron chi connectivity index (χ2n) is 8.79. The standard InChI is InChI=1S/C27H18BrClN2O4S/c1-13-9-16-10-15(5-8-20(16)35-13)24(32)22-23(14-3-2-4-17(28)11-14)31(26(34)25(22)33)27-30-19-7-6-18(29)12-21(19)36-27/h2-8,10-13,23,32H,9H2,1H3/b24-22+/t13-,23+/m0/s1. The lowest BCUT2D eigenvalue weighted by Crippen LogP contribution is -2.29. The van der Waals surface area contributed by atoms with Crippen LogP contribution in [0.1, 0.15) is 29.7 Å². The number of thiazole rings is 1. The van der Waals surface area contributed by atoms with Crippen LogP contribution in [0, 0.1) is 0 Å². The summed E-state index contributed by atoms with van der Waals surface area (Å²) in [5.41, 5.74) is 2.76. The monoisotopic (exact) mass is 580 g/mol. The number of ether oxygens (including phenoxy) is 1. The van der Waals surface area contributed by atoms with Crippen molar-refractivity contribution in [3.63, 3.8) is 0 Å². The molecule has 6 nitrogen and oxygen atoms in total. The molecule has 36 heavy (non-hydrogen) atoms. The van der Waals surface area contributed by atoms with Crippen LogP contribution in [0.5, 0.6) is 5.75 Å². The van der Waals surface area contributed by atoms with Crippen LogP contribution in [-0.4, -0.2) is 27.9 Å². The Labute approximate surface area is 223 Å². The minimum Gasteiger partial charge on any atom is -0.507 e. The largest absolute Gasteiger partial charge is 0.507 e. The first-order valence-corrected chi connectivity index (χ1v) is 13.2. The highest BCUT2D eigenvalue weighted by Gasteiger charge is 2.48. The molecule has 1 fully saturated rings. The number of hydrogen-bond donors (Lipinski definition) is 1. The average molecular weight is 582 g/mol. The van der Waals surface area contributed by atoms with E-state index in [-0.39, 0.29) is 17.4 Å². The molecule has 2 aliphatic rings. The van der Waals surface area contributed by atoms with E-state index >= 15 is 0 Å². The number of rotatable bonds is 3. The maximum absolute atomic E-state index is 13.4. The van der Waals surface area contributed by atoms with Gasteiger partial charge in [-0.15, -0.1) is 0 Å². The summed E-state index contributed by atoms with van der Waals surface area (Å²) >= 11 is 10.9. The number of anilines is 1. The van der Waals surface area contributed by atoms with Crippen molar-refractivity contribution in [2.75, 3.05) is 4.90 Å². The summed E-state index contributed by atoms with van der Waals surface area (Å²) in [7, 11) is 0. The Morgan fingerprint density at radius 2 is 2.00 bits per heavy atom. The summed E-state index contributed by atoms with van der Waals surface area (Å²) in [6.45, 7) is 1.98. The van der Waals surface area contributed by atoms with E-state index < -0.39 is 17.7 Å². The van der Waals surface area contributed by atoms with Gasteiger partial charge in [0.15, 0.2) is 5.13 Å². The van der Waals surface area contributed by atoms with Crippen molar-refractivity contribution in [2.24, 2.45) is 0 Å². The highest BCUT2D eigenvalue weighted by atomic mass is 79.9. The number of aliphatic hydroxyl groups is 1. The highest BCUT2D eigenvalue weighted by molar-refractivity contribution is 9.10. The Kier molecular flexibility index (Phi) is 5.63. The van der Waals surface area contributed by atoms with Crippen molar-refractivity contribution in [1.29, 1.82) is 0 Å². The van der Waals surface area contributed by atoms with Gasteiger partial charge in [-0.25, -0.2) is 4.98 Å². The van der Waals surface area contributed by atoms with E-state index in [1.807, 2.05) is 37.3 Å². The van der Waals surface area contributed by atoms with Crippen molar-refractivity contribution < 1.29 is 19.4 Å². The number of nitrogens with zero attached hydrogens (tertiary/aromatic N) is 2. The molecule has 1 aromatic heterocycles. The predicted octanol–water partition coefficient (Wildman–Crippen LogP) is 6.66. The van der Waals surface area contributed by atoms with E-state index in [4.69, 9.17) is 16.3 Å². The van der Waals surface area contributed by atoms with Gasteiger partial charge in [-0.2, -0.15) is 0 Å². The molecule has 1 amide bonds. The zero-order valence-corrected chi connectivity index (χ0v) is 22.0. The first-order chi connectivity index (χ1) is 17.3. The number of benzene rings is 3. The van der Waals surface area contributed by atoms with Crippen LogP contribution in [-0.2, 0) is 16.0 Å². The van der Waals surface area contributed by atoms with Crippen LogP contribution in [0.2, 0.25) is 5.02 Å². The van der Waals surface area contributed by atoms with Crippen LogP contribution in [0.3, 0.4) is 0 Å². The Morgan fingerprint density at radius 1 is 1.17 bits per heavy atom. The van der Waals surface area contributed by atoms with Gasteiger partial charge < -0.3 is 9.84 Å². The van der Waals surface area contributed by atoms with Gasteiger partial charge in [-0.1, -0.05) is 51.0 Å². The molecule has 0 spiro atoms. The second kappa shape index (κ2) is 8.73. The van der Waals surface area contributed by atoms with Gasteiger partial charge in [0.2, 0.25) is 0 Å². The molecule has 4 aromatic rings. The first-order valence-electron chi connectivity index (χ1n) is 11.2. The fourth-order valence-corrected chi connectivity index (χ4v) is 6.42. The molecule has 1 saturated heterocycles. The summed E-state index contributed by atoms with van der Waals surface area (Å²) < 4.78 is 7.35. The number of Topliss-reactive ketones (excluding diaryl/α,β-unsaturated/α-hetero) is 1. The van der Waals surface area contributed by atoms with Crippen LogP contribution in [0.25, 0.3) is 16.0 Å². The van der Waals surface area contributed by atoms with Crippen LogP contribution < -0.4 is 9.64 Å². The third-order valence-electron chi connectivity index (χ3n) is 6.32. The molecule has 0 bridgehead atoms. The number of aliphatic hydroxyl groups excluding tert-OH is 1. The molecule has 9 heteroatoms. The lowest BCUT2D eigenvalue weighted by Gasteiger charge is -2.23. The summed E-state index contributed by atoms with van der Waals surface area (Å²) in [5, 5.41) is 12.4. The Hall–Kier alpha value is -3.20. The molecular weight excluding hydrogens is 564 g/mol. The smallest absolute Gasteiger partial charge is 0.301 e. The van der Waals surface area contributed by atoms with Gasteiger partial charge >= 0.3 is 5.91 Å². The molecule has 3 aromatic carbocycles. The Bertz CT molecular complexity index is 1610. The lowest BCUT2D eigenvalue weighted by molar-refractivity contribution is -0.132. The molecule has 3 heterocycles. The lowest BCUT2D eigenvalue weighted by atomic mass is 9.94. The van der Waals surface area contributed by atoms with Crippen LogP contribution in [0.15, 0.2) is 70.7 Å². The van der Waals surface area contributed by atoms with Gasteiger partial charge in [0.25, 0.3) is 5.78 Å². The average Bonchev–Trinajstić information content (AvgIpc) is 3.50. The molecule has 0 radical (unpaired) electrons. The van der Waals surface area contributed by atoms with E-state index in [9.17, 15) is 14.7 Å². The number of amides is 1. The fourth-order valence-electron chi connectivity index (χ4n) is 4.74. The minimum absolute atomic E-state index is 0.0160. The molecule has 0 saturated carbocycles. The van der Waals surface area contributed by atoms with E-state index in [1.54, 1.807) is 30.3 Å². The summed E-state index contributed by atoms with van der Waals surface area (Å²) in [6, 6.07) is 17.1. The zero-order chi connectivity index (χ0) is 25.1. The molecule has 6 rings (SSSR count). The van der Waals surface area contributed by atoms with Crippen molar-refractivity contribution >= 4 is 71.7 Å². The number of ketones is 1. The van der Waals surface area contributed by atoms with E-state index in [0.29, 0.717) is 33.2 Å². The molecule has 1 N–H and O–H groups in total. The van der Waals surface area contributed by atoms with E-state index in [1.165, 1.54) is 16.2 Å². The van der Waals surface area contributed by atoms with E-state index in [2.05, 4.69) is 20.9 Å². The van der Waals surface area contributed by atoms with Gasteiger partial charge in [0.05, 0.1) is 21.8 Å². The van der Waals surface area contributed by atoms with Gasteiger partial charge in [-0.05, 0) is 66.6 Å². The second-order valence-corrected chi connectivity index (χ2v) is 11.1. The number of carbonyl (C=O) groups is 2. The van der Waals surface area contributed by atoms with Crippen molar-refractivity contribution in [2.45, 2.75) is 25.5 Å². The molecular formula is C27H18BrClN2O4S. The predicted molar refractivity (Wildman–Crippen MR) is 144 cm³/mol. The number of aromatic nitrogens is 1. The number of carbonyl (C=O) groups excluding carboxylic acids is 2. The summed E-state index contributed by atoms with van der Waals surface area (Å²) in [6.07, 6.45) is 0.742. The third-order valence-corrected chi connectivity index (χ3v) is 8.07. The molecule has 2 aliphatic heterocycles. The van der Waals surface area contributed by atoms with E-state index in [0.717, 1.165) is 20.5 Å². The van der Waals surface area contributed by atoms with Crippen molar-refractivity contribution in [3.8, 4) is 5.75 Å². The molecule has 0 unspecified atom stereocenters. The zero-order valence-electron chi connectivity index (χ0n) is 18.9. The van der Waals surface area contributed by atoms with Crippen LogP contribution >= 0.6 is 38.9 Å². The van der Waals surface area contributed by atoms with Crippen LogP contribution in [0.4, 0.5) is 5.13 Å². The fraction of sp³-hybridized carbons (Fsp3) is 0.148. The quantitative estimate of drug-likeness (QED) is 0.166.